The number of aromatic nitrogens is 5. The zero-order valence-corrected chi connectivity index (χ0v) is 15.3. The fourth-order valence-corrected chi connectivity index (χ4v) is 4.43. The lowest BCUT2D eigenvalue weighted by Gasteiger charge is -2.27. The van der Waals surface area contributed by atoms with Crippen LogP contribution in [0.4, 0.5) is 4.39 Å². The Morgan fingerprint density at radius 2 is 2.07 bits per heavy atom. The monoisotopic (exact) mass is 374 g/mol. The van der Waals surface area contributed by atoms with Crippen molar-refractivity contribution in [2.45, 2.75) is 38.0 Å². The van der Waals surface area contributed by atoms with Crippen LogP contribution in [-0.2, 0) is 6.42 Å². The van der Waals surface area contributed by atoms with Crippen LogP contribution in [-0.4, -0.2) is 24.8 Å². The van der Waals surface area contributed by atoms with Crippen LogP contribution in [0, 0.1) is 23.1 Å². The van der Waals surface area contributed by atoms with Gasteiger partial charge in [-0.15, -0.1) is 5.10 Å². The highest BCUT2D eigenvalue weighted by Gasteiger charge is 2.27. The molecule has 3 aromatic heterocycles. The molecular weight excluding hydrogens is 355 g/mol. The summed E-state index contributed by atoms with van der Waals surface area (Å²) in [6.07, 6.45) is 8.41. The smallest absolute Gasteiger partial charge is 0.141 e. The summed E-state index contributed by atoms with van der Waals surface area (Å²) in [5, 5.41) is 18.6. The Kier molecular flexibility index (Phi) is 4.05. The van der Waals surface area contributed by atoms with Gasteiger partial charge in [-0.1, -0.05) is 11.3 Å². The molecule has 0 bridgehead atoms. The maximum Gasteiger partial charge on any atom is 0.141 e. The van der Waals surface area contributed by atoms with Crippen molar-refractivity contribution in [3.8, 4) is 6.07 Å². The Balaban J connectivity index is 1.33. The predicted molar refractivity (Wildman–Crippen MR) is 102 cm³/mol. The minimum absolute atomic E-state index is 0.271. The molecule has 1 aliphatic rings. The summed E-state index contributed by atoms with van der Waals surface area (Å²) in [5.41, 5.74) is 4.00. The van der Waals surface area contributed by atoms with Crippen LogP contribution in [0.1, 0.15) is 48.4 Å². The summed E-state index contributed by atoms with van der Waals surface area (Å²) < 4.78 is 16.0. The van der Waals surface area contributed by atoms with Gasteiger partial charge in [0.2, 0.25) is 0 Å². The number of H-pyrrole nitrogens is 1. The number of hydrogen-bond donors (Lipinski definition) is 1. The van der Waals surface area contributed by atoms with Gasteiger partial charge in [0.15, 0.2) is 0 Å². The second kappa shape index (κ2) is 6.71. The standard InChI is InChI=1S/C21H19FN6/c22-18-10-14(11-23)3-6-16(18)9-13-1-4-15(5-2-13)19-20-17-7-8-24-21(17)25-12-28(20)27-26-19/h3,6-8,10,12-13,15,24H,1-2,4-5,9H2. The van der Waals surface area contributed by atoms with Crippen LogP contribution in [0.15, 0.2) is 36.8 Å². The summed E-state index contributed by atoms with van der Waals surface area (Å²) >= 11 is 0. The maximum absolute atomic E-state index is 14.2. The summed E-state index contributed by atoms with van der Waals surface area (Å²) in [6.45, 7) is 0. The van der Waals surface area contributed by atoms with E-state index in [2.05, 4.69) is 20.3 Å². The van der Waals surface area contributed by atoms with E-state index in [0.717, 1.165) is 54.3 Å². The molecule has 1 aliphatic carbocycles. The Morgan fingerprint density at radius 3 is 2.86 bits per heavy atom. The van der Waals surface area contributed by atoms with Crippen molar-refractivity contribution in [2.24, 2.45) is 5.92 Å². The van der Waals surface area contributed by atoms with Crippen LogP contribution >= 0.6 is 0 Å². The normalized spacial score (nSPS) is 19.9. The number of halogens is 1. The predicted octanol–water partition coefficient (Wildman–Crippen LogP) is 4.13. The molecule has 0 unspecified atom stereocenters. The average molecular weight is 374 g/mol. The minimum atomic E-state index is -0.271. The Hall–Kier alpha value is -3.27. The van der Waals surface area contributed by atoms with Gasteiger partial charge in [0, 0.05) is 17.5 Å². The van der Waals surface area contributed by atoms with Gasteiger partial charge in [0.05, 0.1) is 17.3 Å². The Labute approximate surface area is 161 Å². The fraction of sp³-hybridized carbons (Fsp3) is 0.333. The zero-order chi connectivity index (χ0) is 19.1. The van der Waals surface area contributed by atoms with Gasteiger partial charge in [-0.3, -0.25) is 0 Å². The first kappa shape index (κ1) is 16.9. The molecule has 4 aromatic rings. The maximum atomic E-state index is 14.2. The summed E-state index contributed by atoms with van der Waals surface area (Å²) in [6, 6.07) is 8.78. The lowest BCUT2D eigenvalue weighted by molar-refractivity contribution is 0.319. The number of aromatic amines is 1. The molecule has 1 aromatic carbocycles. The third-order valence-corrected chi connectivity index (χ3v) is 5.92. The quantitative estimate of drug-likeness (QED) is 0.584. The Morgan fingerprint density at radius 1 is 1.21 bits per heavy atom. The summed E-state index contributed by atoms with van der Waals surface area (Å²) in [4.78, 5) is 7.50. The summed E-state index contributed by atoms with van der Waals surface area (Å²) in [7, 11) is 0. The number of nitrogens with one attached hydrogen (secondary N) is 1. The highest BCUT2D eigenvalue weighted by molar-refractivity contribution is 5.92. The van der Waals surface area contributed by atoms with Gasteiger partial charge >= 0.3 is 0 Å². The first-order valence-electron chi connectivity index (χ1n) is 9.58. The van der Waals surface area contributed by atoms with Gasteiger partial charge < -0.3 is 4.98 Å². The molecule has 0 aliphatic heterocycles. The number of nitriles is 1. The van der Waals surface area contributed by atoms with Crippen LogP contribution in [0.2, 0.25) is 0 Å². The van der Waals surface area contributed by atoms with Gasteiger partial charge in [-0.25, -0.2) is 13.9 Å². The second-order valence-corrected chi connectivity index (χ2v) is 7.59. The molecule has 1 N–H and O–H groups in total. The van der Waals surface area contributed by atoms with E-state index in [4.69, 9.17) is 5.26 Å². The van der Waals surface area contributed by atoms with Gasteiger partial charge in [-0.2, -0.15) is 5.26 Å². The molecule has 7 heteroatoms. The van der Waals surface area contributed by atoms with Crippen LogP contribution < -0.4 is 0 Å². The number of hydrogen-bond acceptors (Lipinski definition) is 4. The van der Waals surface area contributed by atoms with Crippen molar-refractivity contribution >= 4 is 16.6 Å². The van der Waals surface area contributed by atoms with E-state index < -0.39 is 0 Å². The highest BCUT2D eigenvalue weighted by Crippen LogP contribution is 2.39. The van der Waals surface area contributed by atoms with E-state index in [1.807, 2.05) is 18.3 Å². The van der Waals surface area contributed by atoms with Crippen LogP contribution in [0.5, 0.6) is 0 Å². The highest BCUT2D eigenvalue weighted by atomic mass is 19.1. The number of rotatable bonds is 3. The third kappa shape index (κ3) is 2.82. The van der Waals surface area contributed by atoms with E-state index in [0.29, 0.717) is 23.0 Å². The van der Waals surface area contributed by atoms with E-state index in [-0.39, 0.29) is 5.82 Å². The van der Waals surface area contributed by atoms with E-state index >= 15 is 0 Å². The molecule has 1 saturated carbocycles. The molecule has 0 spiro atoms. The van der Waals surface area contributed by atoms with E-state index in [1.165, 1.54) is 6.07 Å². The third-order valence-electron chi connectivity index (χ3n) is 5.92. The summed E-state index contributed by atoms with van der Waals surface area (Å²) in [5.74, 6) is 0.544. The lowest BCUT2D eigenvalue weighted by atomic mass is 9.77. The van der Waals surface area contributed by atoms with E-state index in [9.17, 15) is 4.39 Å². The fourth-order valence-electron chi connectivity index (χ4n) is 4.43. The van der Waals surface area contributed by atoms with Gasteiger partial charge in [0.25, 0.3) is 0 Å². The minimum Gasteiger partial charge on any atom is -0.346 e. The largest absolute Gasteiger partial charge is 0.346 e. The first-order chi connectivity index (χ1) is 13.7. The lowest BCUT2D eigenvalue weighted by Crippen LogP contribution is -2.16. The molecular formula is C21H19FN6. The molecule has 0 saturated heterocycles. The molecule has 5 rings (SSSR count). The van der Waals surface area contributed by atoms with Crippen molar-refractivity contribution < 1.29 is 4.39 Å². The van der Waals surface area contributed by atoms with Gasteiger partial charge in [0.1, 0.15) is 23.3 Å². The molecule has 6 nitrogen and oxygen atoms in total. The average Bonchev–Trinajstić information content (AvgIpc) is 3.36. The van der Waals surface area contributed by atoms with Crippen LogP contribution in [0.3, 0.4) is 0 Å². The number of fused-ring (bicyclic) bond motifs is 3. The van der Waals surface area contributed by atoms with Crippen molar-refractivity contribution in [1.29, 1.82) is 5.26 Å². The van der Waals surface area contributed by atoms with Crippen molar-refractivity contribution in [3.05, 3.63) is 59.4 Å². The van der Waals surface area contributed by atoms with Crippen molar-refractivity contribution in [2.75, 3.05) is 0 Å². The zero-order valence-electron chi connectivity index (χ0n) is 15.3. The Bertz CT molecular complexity index is 1190. The number of nitrogens with zero attached hydrogens (tertiary/aromatic N) is 5. The molecule has 1 fully saturated rings. The molecule has 140 valence electrons. The molecule has 0 radical (unpaired) electrons. The molecule has 3 heterocycles. The van der Waals surface area contributed by atoms with Crippen LogP contribution in [0.25, 0.3) is 16.6 Å². The molecule has 28 heavy (non-hydrogen) atoms. The SMILES string of the molecule is N#Cc1ccc(CC2CCC(c3nnn4cnc5[nH]ccc5c34)CC2)c(F)c1. The second-order valence-electron chi connectivity index (χ2n) is 7.59. The van der Waals surface area contributed by atoms with E-state index in [1.54, 1.807) is 23.0 Å². The topological polar surface area (TPSA) is 82.7 Å². The van der Waals surface area contributed by atoms with Gasteiger partial charge in [-0.05, 0) is 61.8 Å². The number of benzene rings is 1. The first-order valence-corrected chi connectivity index (χ1v) is 9.58. The van der Waals surface area contributed by atoms with Crippen molar-refractivity contribution in [1.82, 2.24) is 24.8 Å². The molecule has 0 atom stereocenters. The van der Waals surface area contributed by atoms with Crippen molar-refractivity contribution in [3.63, 3.8) is 0 Å². The molecule has 0 amide bonds.